The molecule has 0 aliphatic rings. The standard InChI is InChI=1S/C25H20O3/c26-25(27)17-20-14-13-19-8-4-5-12-23(19)24(20)16-18-7-6-11-22(15-18)28-21-9-2-1-3-10-21/h1-15H,16-17H2,(H,26,27)/p-1. The van der Waals surface area contributed by atoms with Gasteiger partial charge in [0.15, 0.2) is 0 Å². The van der Waals surface area contributed by atoms with Gasteiger partial charge in [0.1, 0.15) is 11.5 Å². The highest BCUT2D eigenvalue weighted by Crippen LogP contribution is 2.28. The lowest BCUT2D eigenvalue weighted by Crippen LogP contribution is -2.25. The van der Waals surface area contributed by atoms with E-state index in [9.17, 15) is 9.90 Å². The molecule has 0 heterocycles. The monoisotopic (exact) mass is 367 g/mol. The predicted octanol–water partition coefficient (Wildman–Crippen LogP) is 4.52. The molecule has 0 spiro atoms. The molecule has 4 aromatic rings. The average molecular weight is 367 g/mol. The zero-order chi connectivity index (χ0) is 19.3. The number of para-hydroxylation sites is 1. The fraction of sp³-hybridized carbons (Fsp3) is 0.0800. The van der Waals surface area contributed by atoms with Crippen LogP contribution in [0, 0.1) is 0 Å². The van der Waals surface area contributed by atoms with E-state index < -0.39 is 5.97 Å². The smallest absolute Gasteiger partial charge is 0.127 e. The number of ether oxygens (including phenoxy) is 1. The SMILES string of the molecule is O=C([O-])Cc1ccc2ccccc2c1Cc1cccc(Oc2ccccc2)c1. The molecule has 4 rings (SSSR count). The van der Waals surface area contributed by atoms with Crippen LogP contribution in [0.25, 0.3) is 10.8 Å². The van der Waals surface area contributed by atoms with Gasteiger partial charge in [0, 0.05) is 12.4 Å². The van der Waals surface area contributed by atoms with Crippen LogP contribution in [0.15, 0.2) is 91.0 Å². The van der Waals surface area contributed by atoms with E-state index in [0.717, 1.165) is 39.0 Å². The van der Waals surface area contributed by atoms with Gasteiger partial charge in [-0.1, -0.05) is 66.7 Å². The van der Waals surface area contributed by atoms with Crippen molar-refractivity contribution in [2.45, 2.75) is 12.8 Å². The summed E-state index contributed by atoms with van der Waals surface area (Å²) in [5.41, 5.74) is 2.86. The van der Waals surface area contributed by atoms with E-state index in [4.69, 9.17) is 4.74 Å². The number of fused-ring (bicyclic) bond motifs is 1. The van der Waals surface area contributed by atoms with Crippen LogP contribution in [-0.4, -0.2) is 5.97 Å². The number of carboxylic acid groups (broad SMARTS) is 1. The van der Waals surface area contributed by atoms with Gasteiger partial charge in [-0.25, -0.2) is 0 Å². The Hall–Kier alpha value is -3.59. The summed E-state index contributed by atoms with van der Waals surface area (Å²) in [6, 6.07) is 29.4. The molecular formula is C25H19O3-. The van der Waals surface area contributed by atoms with E-state index >= 15 is 0 Å². The average Bonchev–Trinajstić information content (AvgIpc) is 2.70. The Balaban J connectivity index is 1.69. The molecule has 0 aliphatic carbocycles. The summed E-state index contributed by atoms with van der Waals surface area (Å²) in [7, 11) is 0. The molecular weight excluding hydrogens is 348 g/mol. The highest BCUT2D eigenvalue weighted by Gasteiger charge is 2.10. The molecule has 0 fully saturated rings. The molecule has 3 heteroatoms. The zero-order valence-electron chi connectivity index (χ0n) is 15.3. The van der Waals surface area contributed by atoms with Crippen LogP contribution in [0.5, 0.6) is 11.5 Å². The molecule has 0 saturated carbocycles. The third kappa shape index (κ3) is 4.04. The highest BCUT2D eigenvalue weighted by atomic mass is 16.5. The molecule has 138 valence electrons. The van der Waals surface area contributed by atoms with E-state index in [0.29, 0.717) is 6.42 Å². The van der Waals surface area contributed by atoms with E-state index in [1.54, 1.807) is 0 Å². The van der Waals surface area contributed by atoms with Crippen molar-refractivity contribution in [1.82, 2.24) is 0 Å². The molecule has 0 unspecified atom stereocenters. The van der Waals surface area contributed by atoms with Crippen LogP contribution in [0.1, 0.15) is 16.7 Å². The predicted molar refractivity (Wildman–Crippen MR) is 108 cm³/mol. The van der Waals surface area contributed by atoms with Gasteiger partial charge >= 0.3 is 0 Å². The fourth-order valence-electron chi connectivity index (χ4n) is 3.46. The van der Waals surface area contributed by atoms with Gasteiger partial charge in [0.2, 0.25) is 0 Å². The Morgan fingerprint density at radius 2 is 1.54 bits per heavy atom. The van der Waals surface area contributed by atoms with E-state index in [2.05, 4.69) is 0 Å². The van der Waals surface area contributed by atoms with Crippen molar-refractivity contribution in [3.63, 3.8) is 0 Å². The van der Waals surface area contributed by atoms with Gasteiger partial charge in [0.05, 0.1) is 0 Å². The van der Waals surface area contributed by atoms with Crippen LogP contribution in [-0.2, 0) is 17.6 Å². The Bertz CT molecular complexity index is 1120. The number of aliphatic carboxylic acids is 1. The van der Waals surface area contributed by atoms with Crippen molar-refractivity contribution in [3.8, 4) is 11.5 Å². The van der Waals surface area contributed by atoms with Crippen molar-refractivity contribution in [1.29, 1.82) is 0 Å². The number of carboxylic acids is 1. The van der Waals surface area contributed by atoms with Gasteiger partial charge in [-0.2, -0.15) is 0 Å². The summed E-state index contributed by atoms with van der Waals surface area (Å²) >= 11 is 0. The number of carbonyl (C=O) groups is 1. The molecule has 3 nitrogen and oxygen atoms in total. The first-order valence-corrected chi connectivity index (χ1v) is 9.20. The summed E-state index contributed by atoms with van der Waals surface area (Å²) in [6.07, 6.45) is 0.524. The first-order chi connectivity index (χ1) is 13.7. The van der Waals surface area contributed by atoms with Gasteiger partial charge in [-0.05, 0) is 58.1 Å². The normalized spacial score (nSPS) is 10.7. The van der Waals surface area contributed by atoms with Crippen LogP contribution in [0.2, 0.25) is 0 Å². The van der Waals surface area contributed by atoms with E-state index in [1.165, 1.54) is 0 Å². The maximum absolute atomic E-state index is 11.2. The van der Waals surface area contributed by atoms with Crippen molar-refractivity contribution < 1.29 is 14.6 Å². The van der Waals surface area contributed by atoms with Gasteiger partial charge in [-0.15, -0.1) is 0 Å². The van der Waals surface area contributed by atoms with Crippen molar-refractivity contribution in [2.24, 2.45) is 0 Å². The molecule has 4 aromatic carbocycles. The lowest BCUT2D eigenvalue weighted by Gasteiger charge is -2.15. The van der Waals surface area contributed by atoms with Crippen molar-refractivity contribution >= 4 is 16.7 Å². The first kappa shape index (κ1) is 17.8. The van der Waals surface area contributed by atoms with Crippen molar-refractivity contribution in [2.75, 3.05) is 0 Å². The maximum Gasteiger partial charge on any atom is 0.127 e. The van der Waals surface area contributed by atoms with Gasteiger partial charge in [0.25, 0.3) is 0 Å². The number of carbonyl (C=O) groups excluding carboxylic acids is 1. The summed E-state index contributed by atoms with van der Waals surface area (Å²) in [4.78, 5) is 11.2. The molecule has 0 amide bonds. The van der Waals surface area contributed by atoms with Gasteiger partial charge in [-0.3, -0.25) is 0 Å². The topological polar surface area (TPSA) is 49.4 Å². The Morgan fingerprint density at radius 1 is 0.786 bits per heavy atom. The van der Waals surface area contributed by atoms with Crippen LogP contribution < -0.4 is 9.84 Å². The molecule has 0 N–H and O–H groups in total. The second kappa shape index (κ2) is 7.97. The molecule has 0 saturated heterocycles. The van der Waals surface area contributed by atoms with E-state index in [-0.39, 0.29) is 6.42 Å². The Kier molecular flexibility index (Phi) is 5.07. The number of hydrogen-bond acceptors (Lipinski definition) is 3. The summed E-state index contributed by atoms with van der Waals surface area (Å²) in [5, 5.41) is 13.4. The summed E-state index contributed by atoms with van der Waals surface area (Å²) < 4.78 is 5.93. The Morgan fingerprint density at radius 3 is 2.36 bits per heavy atom. The highest BCUT2D eigenvalue weighted by molar-refractivity contribution is 5.88. The second-order valence-electron chi connectivity index (χ2n) is 6.71. The minimum atomic E-state index is -1.07. The zero-order valence-corrected chi connectivity index (χ0v) is 15.3. The largest absolute Gasteiger partial charge is 0.550 e. The third-order valence-corrected chi connectivity index (χ3v) is 4.73. The summed E-state index contributed by atoms with van der Waals surface area (Å²) in [6.45, 7) is 0. The fourth-order valence-corrected chi connectivity index (χ4v) is 3.46. The molecule has 0 atom stereocenters. The maximum atomic E-state index is 11.2. The number of benzene rings is 4. The number of hydrogen-bond donors (Lipinski definition) is 0. The van der Waals surface area contributed by atoms with Crippen LogP contribution in [0.3, 0.4) is 0 Å². The Labute approximate surface area is 163 Å². The van der Waals surface area contributed by atoms with Gasteiger partial charge < -0.3 is 14.6 Å². The van der Waals surface area contributed by atoms with Crippen LogP contribution >= 0.6 is 0 Å². The molecule has 0 bridgehead atoms. The lowest BCUT2D eigenvalue weighted by atomic mass is 9.92. The molecule has 0 aromatic heterocycles. The lowest BCUT2D eigenvalue weighted by molar-refractivity contribution is -0.304. The quantitative estimate of drug-likeness (QED) is 0.504. The van der Waals surface area contributed by atoms with E-state index in [1.807, 2.05) is 91.0 Å². The minimum Gasteiger partial charge on any atom is -0.550 e. The summed E-state index contributed by atoms with van der Waals surface area (Å²) in [5.74, 6) is 0.463. The second-order valence-corrected chi connectivity index (χ2v) is 6.71. The molecule has 28 heavy (non-hydrogen) atoms. The number of rotatable bonds is 6. The first-order valence-electron chi connectivity index (χ1n) is 9.20. The van der Waals surface area contributed by atoms with Crippen molar-refractivity contribution in [3.05, 3.63) is 108 Å². The molecule has 0 aliphatic heterocycles. The minimum absolute atomic E-state index is 0.0969. The van der Waals surface area contributed by atoms with Crippen LogP contribution in [0.4, 0.5) is 0 Å². The molecule has 0 radical (unpaired) electrons. The third-order valence-electron chi connectivity index (χ3n) is 4.73.